The molecule has 130 valence electrons. The molecule has 1 aromatic carbocycles. The molecule has 0 bridgehead atoms. The monoisotopic (exact) mass is 335 g/mol. The van der Waals surface area contributed by atoms with Crippen molar-refractivity contribution in [1.29, 1.82) is 5.41 Å². The summed E-state index contributed by atoms with van der Waals surface area (Å²) in [6.45, 7) is -0.107. The Morgan fingerprint density at radius 3 is 2.38 bits per heavy atom. The van der Waals surface area contributed by atoms with Crippen molar-refractivity contribution < 1.29 is 19.1 Å². The van der Waals surface area contributed by atoms with Gasteiger partial charge in [-0.15, -0.1) is 0 Å². The number of ether oxygens (including phenoxy) is 1. The Balaban J connectivity index is 2.67. The molecule has 0 heterocycles. The van der Waals surface area contributed by atoms with E-state index in [-0.39, 0.29) is 25.3 Å². The van der Waals surface area contributed by atoms with Crippen LogP contribution in [0.3, 0.4) is 0 Å². The zero-order valence-electron chi connectivity index (χ0n) is 13.3. The van der Waals surface area contributed by atoms with Crippen molar-refractivity contribution in [3.63, 3.8) is 0 Å². The number of carbonyl (C=O) groups is 3. The lowest BCUT2D eigenvalue weighted by Crippen LogP contribution is -2.49. The van der Waals surface area contributed by atoms with Crippen LogP contribution in [0.25, 0.3) is 0 Å². The molecule has 1 aromatic rings. The van der Waals surface area contributed by atoms with Crippen LogP contribution < -0.4 is 22.1 Å². The molecule has 0 aliphatic carbocycles. The summed E-state index contributed by atoms with van der Waals surface area (Å²) in [6.07, 6.45) is -0.294. The first-order chi connectivity index (χ1) is 11.4. The molecule has 2 amide bonds. The third kappa shape index (κ3) is 6.05. The first-order valence-corrected chi connectivity index (χ1v) is 7.14. The third-order valence-electron chi connectivity index (χ3n) is 3.17. The topological polar surface area (TPSA) is 160 Å². The van der Waals surface area contributed by atoms with Crippen LogP contribution in [-0.2, 0) is 25.7 Å². The van der Waals surface area contributed by atoms with Gasteiger partial charge >= 0.3 is 5.97 Å². The van der Waals surface area contributed by atoms with Gasteiger partial charge in [-0.1, -0.05) is 24.3 Å². The van der Waals surface area contributed by atoms with E-state index in [9.17, 15) is 14.4 Å². The average molecular weight is 335 g/mol. The van der Waals surface area contributed by atoms with Gasteiger partial charge in [0.15, 0.2) is 0 Å². The number of nitrogens with one attached hydrogen (secondary N) is 3. The van der Waals surface area contributed by atoms with Crippen LogP contribution in [0.1, 0.15) is 17.5 Å². The molecule has 0 aromatic heterocycles. The summed E-state index contributed by atoms with van der Waals surface area (Å²) in [7, 11) is 1.19. The number of hydrogen-bond acceptors (Lipinski definition) is 6. The number of nitrogens with two attached hydrogens (primary N) is 2. The van der Waals surface area contributed by atoms with Crippen molar-refractivity contribution in [3.05, 3.63) is 35.4 Å². The van der Waals surface area contributed by atoms with E-state index in [1.165, 1.54) is 7.11 Å². The predicted molar refractivity (Wildman–Crippen MR) is 86.9 cm³/mol. The molecule has 24 heavy (non-hydrogen) atoms. The highest BCUT2D eigenvalue weighted by atomic mass is 16.5. The Hall–Kier alpha value is -2.94. The average Bonchev–Trinajstić information content (AvgIpc) is 2.58. The van der Waals surface area contributed by atoms with E-state index in [1.807, 2.05) is 0 Å². The van der Waals surface area contributed by atoms with Crippen LogP contribution in [0, 0.1) is 5.41 Å². The van der Waals surface area contributed by atoms with Crippen LogP contribution in [0.5, 0.6) is 0 Å². The summed E-state index contributed by atoms with van der Waals surface area (Å²) in [5, 5.41) is 12.3. The van der Waals surface area contributed by atoms with Gasteiger partial charge in [-0.3, -0.25) is 19.8 Å². The predicted octanol–water partition coefficient (Wildman–Crippen LogP) is -1.41. The van der Waals surface area contributed by atoms with Crippen LogP contribution in [-0.4, -0.2) is 43.3 Å². The minimum absolute atomic E-state index is 0.0479. The van der Waals surface area contributed by atoms with Crippen LogP contribution in [0.2, 0.25) is 0 Å². The van der Waals surface area contributed by atoms with E-state index in [0.717, 1.165) is 5.56 Å². The Kier molecular flexibility index (Phi) is 7.37. The molecular weight excluding hydrogens is 314 g/mol. The maximum atomic E-state index is 12.2. The maximum Gasteiger partial charge on any atom is 0.308 e. The summed E-state index contributed by atoms with van der Waals surface area (Å²) >= 11 is 0. The van der Waals surface area contributed by atoms with Crippen molar-refractivity contribution in [2.75, 3.05) is 13.7 Å². The molecule has 1 unspecified atom stereocenters. The Labute approximate surface area is 139 Å². The number of esters is 1. The molecule has 0 fully saturated rings. The fourth-order valence-corrected chi connectivity index (χ4v) is 1.83. The highest BCUT2D eigenvalue weighted by Gasteiger charge is 2.23. The number of carbonyl (C=O) groups excluding carboxylic acids is 3. The molecule has 0 aliphatic heterocycles. The first kappa shape index (κ1) is 19.1. The highest BCUT2D eigenvalue weighted by Crippen LogP contribution is 2.04. The summed E-state index contributed by atoms with van der Waals surface area (Å²) in [5.74, 6) is -1.76. The van der Waals surface area contributed by atoms with Gasteiger partial charge in [0.2, 0.25) is 11.8 Å². The summed E-state index contributed by atoms with van der Waals surface area (Å²) < 4.78 is 4.51. The molecule has 1 atom stereocenters. The van der Waals surface area contributed by atoms with E-state index in [1.54, 1.807) is 24.3 Å². The number of amides is 2. The van der Waals surface area contributed by atoms with Crippen molar-refractivity contribution in [2.24, 2.45) is 11.5 Å². The smallest absolute Gasteiger partial charge is 0.308 e. The lowest BCUT2D eigenvalue weighted by molar-refractivity contribution is -0.143. The second kappa shape index (κ2) is 9.26. The molecule has 0 saturated carbocycles. The summed E-state index contributed by atoms with van der Waals surface area (Å²) in [5.41, 5.74) is 11.9. The fourth-order valence-electron chi connectivity index (χ4n) is 1.83. The van der Waals surface area contributed by atoms with Crippen molar-refractivity contribution in [1.82, 2.24) is 10.6 Å². The van der Waals surface area contributed by atoms with Crippen molar-refractivity contribution in [2.45, 2.75) is 19.0 Å². The van der Waals surface area contributed by atoms with E-state index < -0.39 is 23.8 Å². The number of methoxy groups -OCH3 is 1. The van der Waals surface area contributed by atoms with Crippen LogP contribution >= 0.6 is 0 Å². The van der Waals surface area contributed by atoms with E-state index in [0.29, 0.717) is 5.56 Å². The van der Waals surface area contributed by atoms with Gasteiger partial charge in [0, 0.05) is 12.1 Å². The maximum absolute atomic E-state index is 12.2. The minimum Gasteiger partial charge on any atom is -0.469 e. The standard InChI is InChI=1S/C15H21N5O4/c1-24-13(22)6-11(20-12(21)7-16)15(23)19-8-9-2-4-10(5-3-9)14(17)18/h2-5,11H,6-8,16H2,1H3,(H3,17,18)(H,19,23)(H,20,21). The molecule has 9 heteroatoms. The number of rotatable bonds is 8. The number of hydrogen-bond donors (Lipinski definition) is 5. The summed E-state index contributed by atoms with van der Waals surface area (Å²) in [6, 6.07) is 5.68. The lowest BCUT2D eigenvalue weighted by atomic mass is 10.1. The SMILES string of the molecule is COC(=O)CC(NC(=O)CN)C(=O)NCc1ccc(C(=N)N)cc1. The Morgan fingerprint density at radius 2 is 1.88 bits per heavy atom. The molecule has 0 radical (unpaired) electrons. The third-order valence-corrected chi connectivity index (χ3v) is 3.17. The Morgan fingerprint density at radius 1 is 1.25 bits per heavy atom. The zero-order valence-corrected chi connectivity index (χ0v) is 13.3. The minimum atomic E-state index is -1.06. The van der Waals surface area contributed by atoms with Gasteiger partial charge in [-0.2, -0.15) is 0 Å². The molecule has 1 rings (SSSR count). The quantitative estimate of drug-likeness (QED) is 0.223. The second-order valence-corrected chi connectivity index (χ2v) is 4.93. The van der Waals surface area contributed by atoms with Crippen molar-refractivity contribution >= 4 is 23.6 Å². The molecule has 0 saturated heterocycles. The number of nitrogen functional groups attached to an aromatic ring is 1. The largest absolute Gasteiger partial charge is 0.469 e. The molecular formula is C15H21N5O4. The Bertz CT molecular complexity index is 597. The fraction of sp³-hybridized carbons (Fsp3) is 0.333. The van der Waals surface area contributed by atoms with Crippen molar-refractivity contribution in [3.8, 4) is 0 Å². The first-order valence-electron chi connectivity index (χ1n) is 7.14. The molecule has 0 spiro atoms. The highest BCUT2D eigenvalue weighted by molar-refractivity contribution is 5.95. The van der Waals surface area contributed by atoms with Gasteiger partial charge in [0.05, 0.1) is 20.1 Å². The normalized spacial score (nSPS) is 11.2. The lowest BCUT2D eigenvalue weighted by Gasteiger charge is -2.17. The van der Waals surface area contributed by atoms with Gasteiger partial charge in [0.1, 0.15) is 11.9 Å². The van der Waals surface area contributed by atoms with E-state index >= 15 is 0 Å². The van der Waals surface area contributed by atoms with Gasteiger partial charge in [-0.25, -0.2) is 0 Å². The van der Waals surface area contributed by atoms with E-state index in [2.05, 4.69) is 15.4 Å². The van der Waals surface area contributed by atoms with Gasteiger partial charge in [-0.05, 0) is 5.56 Å². The summed E-state index contributed by atoms with van der Waals surface area (Å²) in [4.78, 5) is 34.9. The van der Waals surface area contributed by atoms with Gasteiger partial charge in [0.25, 0.3) is 0 Å². The molecule has 7 N–H and O–H groups in total. The van der Waals surface area contributed by atoms with E-state index in [4.69, 9.17) is 16.9 Å². The van der Waals surface area contributed by atoms with Crippen LogP contribution in [0.15, 0.2) is 24.3 Å². The number of amidine groups is 1. The van der Waals surface area contributed by atoms with Crippen LogP contribution in [0.4, 0.5) is 0 Å². The molecule has 9 nitrogen and oxygen atoms in total. The zero-order chi connectivity index (χ0) is 18.1. The second-order valence-electron chi connectivity index (χ2n) is 4.93. The number of benzene rings is 1. The molecule has 0 aliphatic rings. The van der Waals surface area contributed by atoms with Gasteiger partial charge < -0.3 is 26.8 Å².